The summed E-state index contributed by atoms with van der Waals surface area (Å²) >= 11 is 3.74. The maximum Gasteiger partial charge on any atom is 0.352 e. The Bertz CT molecular complexity index is 949. The lowest BCUT2D eigenvalue weighted by Gasteiger charge is -2.10. The van der Waals surface area contributed by atoms with Crippen LogP contribution in [0, 0.1) is 0 Å². The zero-order valence-corrected chi connectivity index (χ0v) is 13.3. The minimum atomic E-state index is -1.09. The van der Waals surface area contributed by atoms with E-state index in [1.54, 1.807) is 41.0 Å². The summed E-state index contributed by atoms with van der Waals surface area (Å²) in [4.78, 5) is 23.2. The number of phenols is 1. The number of nitrogens with zero attached hydrogens (tertiary/aromatic N) is 1. The van der Waals surface area contributed by atoms with Crippen LogP contribution in [-0.4, -0.2) is 26.7 Å². The van der Waals surface area contributed by atoms with Gasteiger partial charge in [0.25, 0.3) is 5.91 Å². The van der Waals surface area contributed by atoms with Crippen LogP contribution >= 0.6 is 12.8 Å². The van der Waals surface area contributed by atoms with Crippen molar-refractivity contribution in [1.29, 1.82) is 0 Å². The first-order valence-corrected chi connectivity index (χ1v) is 7.54. The zero-order chi connectivity index (χ0) is 17.3. The van der Waals surface area contributed by atoms with Crippen LogP contribution in [0.4, 0.5) is 0 Å². The number of nitrogens with one attached hydrogen (secondary N) is 1. The zero-order valence-electron chi connectivity index (χ0n) is 12.4. The number of phenolic OH excluding ortho intramolecular Hbond substituents is 1. The lowest BCUT2D eigenvalue weighted by Crippen LogP contribution is -2.13. The van der Waals surface area contributed by atoms with Crippen molar-refractivity contribution in [1.82, 2.24) is 9.29 Å². The molecular formula is C17H14N2O4S. The molecule has 6 nitrogen and oxygen atoms in total. The Morgan fingerprint density at radius 1 is 1.12 bits per heavy atom. The highest BCUT2D eigenvalue weighted by Gasteiger charge is 2.17. The first-order valence-electron chi connectivity index (χ1n) is 7.09. The molecule has 3 N–H and O–H groups in total. The van der Waals surface area contributed by atoms with E-state index < -0.39 is 5.97 Å². The van der Waals surface area contributed by atoms with Crippen molar-refractivity contribution < 1.29 is 19.8 Å². The number of hydrogen-bond acceptors (Lipinski definition) is 4. The van der Waals surface area contributed by atoms with Crippen LogP contribution in [-0.2, 0) is 6.54 Å². The van der Waals surface area contributed by atoms with Gasteiger partial charge >= 0.3 is 5.97 Å². The third-order valence-corrected chi connectivity index (χ3v) is 3.98. The molecule has 122 valence electrons. The number of carboxylic acids is 1. The number of carboxylic acid groups (broad SMARTS) is 1. The smallest absolute Gasteiger partial charge is 0.352 e. The van der Waals surface area contributed by atoms with E-state index in [9.17, 15) is 19.8 Å². The molecular weight excluding hydrogens is 328 g/mol. The van der Waals surface area contributed by atoms with Crippen LogP contribution in [0.25, 0.3) is 10.9 Å². The van der Waals surface area contributed by atoms with Gasteiger partial charge in [0.15, 0.2) is 0 Å². The minimum Gasteiger partial charge on any atom is -0.507 e. The lowest BCUT2D eigenvalue weighted by atomic mass is 10.1. The number of hydrogen-bond donors (Lipinski definition) is 4. The first kappa shape index (κ1) is 15.9. The van der Waals surface area contributed by atoms with Gasteiger partial charge < -0.3 is 14.8 Å². The van der Waals surface area contributed by atoms with E-state index in [1.165, 1.54) is 12.1 Å². The van der Waals surface area contributed by atoms with Gasteiger partial charge in [-0.05, 0) is 35.9 Å². The quantitative estimate of drug-likeness (QED) is 0.549. The number of aromatic nitrogens is 1. The van der Waals surface area contributed by atoms with E-state index in [-0.39, 0.29) is 23.9 Å². The molecule has 0 radical (unpaired) electrons. The van der Waals surface area contributed by atoms with E-state index in [1.807, 2.05) is 0 Å². The molecule has 0 bridgehead atoms. The summed E-state index contributed by atoms with van der Waals surface area (Å²) in [5.41, 5.74) is 1.86. The predicted octanol–water partition coefficient (Wildman–Crippen LogP) is 2.67. The summed E-state index contributed by atoms with van der Waals surface area (Å²) in [7, 11) is 0. The molecule has 0 atom stereocenters. The molecule has 0 fully saturated rings. The molecule has 1 aromatic heterocycles. The van der Waals surface area contributed by atoms with Gasteiger partial charge in [-0.2, -0.15) is 0 Å². The SMILES string of the molecule is O=C(NS)c1cccc(Cn2c(C(=O)O)cc3c(O)cccc32)c1. The Hall–Kier alpha value is -2.93. The Labute approximate surface area is 142 Å². The largest absolute Gasteiger partial charge is 0.507 e. The van der Waals surface area contributed by atoms with E-state index >= 15 is 0 Å². The third kappa shape index (κ3) is 2.81. The summed E-state index contributed by atoms with van der Waals surface area (Å²) in [5, 5.41) is 19.8. The highest BCUT2D eigenvalue weighted by molar-refractivity contribution is 7.78. The summed E-state index contributed by atoms with van der Waals surface area (Å²) in [6.07, 6.45) is 0. The monoisotopic (exact) mass is 342 g/mol. The van der Waals surface area contributed by atoms with Gasteiger partial charge in [0.2, 0.25) is 0 Å². The number of benzene rings is 2. The third-order valence-electron chi connectivity index (χ3n) is 3.77. The summed E-state index contributed by atoms with van der Waals surface area (Å²) in [5.74, 6) is -1.40. The fourth-order valence-electron chi connectivity index (χ4n) is 2.67. The van der Waals surface area contributed by atoms with Gasteiger partial charge in [-0.15, -0.1) is 0 Å². The van der Waals surface area contributed by atoms with Gasteiger partial charge in [0.1, 0.15) is 11.4 Å². The van der Waals surface area contributed by atoms with E-state index in [4.69, 9.17) is 0 Å². The first-order chi connectivity index (χ1) is 11.5. The molecule has 1 amide bonds. The average molecular weight is 342 g/mol. The molecule has 24 heavy (non-hydrogen) atoms. The number of carbonyl (C=O) groups is 2. The molecule has 0 unspecified atom stereocenters. The number of fused-ring (bicyclic) bond motifs is 1. The van der Waals surface area contributed by atoms with Gasteiger partial charge in [-0.3, -0.25) is 9.52 Å². The van der Waals surface area contributed by atoms with Crippen molar-refractivity contribution >= 4 is 35.6 Å². The topological polar surface area (TPSA) is 91.6 Å². The maximum absolute atomic E-state index is 11.7. The summed E-state index contributed by atoms with van der Waals surface area (Å²) < 4.78 is 3.85. The number of aromatic carboxylic acids is 1. The van der Waals surface area contributed by atoms with Crippen LogP contribution in [0.2, 0.25) is 0 Å². The minimum absolute atomic E-state index is 0.0250. The van der Waals surface area contributed by atoms with Crippen molar-refractivity contribution in [3.05, 3.63) is 65.4 Å². The van der Waals surface area contributed by atoms with Crippen LogP contribution in [0.15, 0.2) is 48.5 Å². The number of amides is 1. The van der Waals surface area contributed by atoms with Crippen molar-refractivity contribution in [2.75, 3.05) is 0 Å². The van der Waals surface area contributed by atoms with Gasteiger partial charge in [0, 0.05) is 17.5 Å². The van der Waals surface area contributed by atoms with Gasteiger partial charge in [-0.25, -0.2) is 4.79 Å². The Morgan fingerprint density at radius 3 is 2.58 bits per heavy atom. The molecule has 0 aliphatic heterocycles. The second-order valence-electron chi connectivity index (χ2n) is 5.27. The normalized spacial score (nSPS) is 10.7. The van der Waals surface area contributed by atoms with Crippen LogP contribution in [0.3, 0.4) is 0 Å². The highest BCUT2D eigenvalue weighted by atomic mass is 32.1. The van der Waals surface area contributed by atoms with E-state index in [0.29, 0.717) is 16.5 Å². The second kappa shape index (κ2) is 6.29. The number of thiol groups is 1. The van der Waals surface area contributed by atoms with Gasteiger partial charge in [0.05, 0.1) is 5.52 Å². The molecule has 0 saturated carbocycles. The average Bonchev–Trinajstić information content (AvgIpc) is 2.95. The summed E-state index contributed by atoms with van der Waals surface area (Å²) in [6, 6.07) is 13.2. The fraction of sp³-hybridized carbons (Fsp3) is 0.0588. The van der Waals surface area contributed by atoms with Crippen molar-refractivity contribution in [3.63, 3.8) is 0 Å². The maximum atomic E-state index is 11.7. The van der Waals surface area contributed by atoms with Crippen LogP contribution in [0.5, 0.6) is 5.75 Å². The van der Waals surface area contributed by atoms with Crippen molar-refractivity contribution in [3.8, 4) is 5.75 Å². The summed E-state index contributed by atoms with van der Waals surface area (Å²) in [6.45, 7) is 0.252. The predicted molar refractivity (Wildman–Crippen MR) is 92.6 cm³/mol. The molecule has 2 aromatic carbocycles. The Kier molecular flexibility index (Phi) is 4.18. The number of rotatable bonds is 4. The molecule has 1 heterocycles. The van der Waals surface area contributed by atoms with Crippen molar-refractivity contribution in [2.24, 2.45) is 0 Å². The molecule has 7 heteroatoms. The standard InChI is InChI=1S/C17H14N2O4S/c20-15-6-2-5-13-12(15)8-14(17(22)23)19(13)9-10-3-1-4-11(7-10)16(21)18-24/h1-8,20,24H,9H2,(H,18,21)(H,22,23). The molecule has 0 aliphatic carbocycles. The molecule has 3 aromatic rings. The number of carbonyl (C=O) groups excluding carboxylic acids is 1. The Balaban J connectivity index is 2.10. The Morgan fingerprint density at radius 2 is 1.88 bits per heavy atom. The highest BCUT2D eigenvalue weighted by Crippen LogP contribution is 2.28. The molecule has 0 aliphatic rings. The van der Waals surface area contributed by atoms with Crippen LogP contribution in [0.1, 0.15) is 26.4 Å². The molecule has 0 saturated heterocycles. The van der Waals surface area contributed by atoms with Crippen molar-refractivity contribution in [2.45, 2.75) is 6.54 Å². The van der Waals surface area contributed by atoms with E-state index in [2.05, 4.69) is 17.5 Å². The van der Waals surface area contributed by atoms with Gasteiger partial charge in [-0.1, -0.05) is 31.0 Å². The molecule has 0 spiro atoms. The van der Waals surface area contributed by atoms with Crippen LogP contribution < -0.4 is 4.72 Å². The lowest BCUT2D eigenvalue weighted by molar-refractivity contribution is 0.0686. The van der Waals surface area contributed by atoms with E-state index in [0.717, 1.165) is 5.56 Å². The fourth-order valence-corrected chi connectivity index (χ4v) is 2.80. The molecule has 3 rings (SSSR count). The number of aromatic hydroxyl groups is 1. The second-order valence-corrected chi connectivity index (χ2v) is 5.50.